The molecule has 13 heteroatoms. The van der Waals surface area contributed by atoms with Crippen LogP contribution in [-0.4, -0.2) is 118 Å². The quantitative estimate of drug-likeness (QED) is 0.151. The zero-order valence-corrected chi connectivity index (χ0v) is 14.2. The summed E-state index contributed by atoms with van der Waals surface area (Å²) >= 11 is 0. The number of hydrogen-bond acceptors (Lipinski definition) is 12. The predicted molar refractivity (Wildman–Crippen MR) is 81.9 cm³/mol. The monoisotopic (exact) mass is 399 g/mol. The first kappa shape index (κ1) is 22.3. The minimum absolute atomic E-state index is 0.0445. The van der Waals surface area contributed by atoms with E-state index in [1.807, 2.05) is 0 Å². The van der Waals surface area contributed by atoms with E-state index >= 15 is 0 Å². The average Bonchev–Trinajstić information content (AvgIpc) is 2.64. The van der Waals surface area contributed by atoms with Gasteiger partial charge in [0.15, 0.2) is 12.4 Å². The van der Waals surface area contributed by atoms with Gasteiger partial charge in [0, 0.05) is 6.54 Å². The minimum Gasteiger partial charge on any atom is -0.479 e. The van der Waals surface area contributed by atoms with Gasteiger partial charge in [-0.15, -0.1) is 0 Å². The molecule has 0 saturated carbocycles. The zero-order valence-electron chi connectivity index (χ0n) is 14.2. The van der Waals surface area contributed by atoms with Crippen molar-refractivity contribution in [3.63, 3.8) is 0 Å². The summed E-state index contributed by atoms with van der Waals surface area (Å²) in [5.41, 5.74) is 5.29. The molecule has 0 radical (unpaired) electrons. The van der Waals surface area contributed by atoms with E-state index < -0.39 is 74.3 Å². The largest absolute Gasteiger partial charge is 0.479 e. The predicted octanol–water partition coefficient (Wildman–Crippen LogP) is -4.71. The first-order valence-electron chi connectivity index (χ1n) is 8.28. The Morgan fingerprint density at radius 1 is 1.07 bits per heavy atom. The van der Waals surface area contributed by atoms with Crippen LogP contribution in [0.15, 0.2) is 0 Å². The van der Waals surface area contributed by atoms with Gasteiger partial charge >= 0.3 is 5.97 Å². The van der Waals surface area contributed by atoms with Crippen molar-refractivity contribution < 1.29 is 59.4 Å². The maximum atomic E-state index is 10.9. The van der Waals surface area contributed by atoms with Crippen LogP contribution >= 0.6 is 0 Å². The fourth-order valence-electron chi connectivity index (χ4n) is 2.73. The van der Waals surface area contributed by atoms with Crippen molar-refractivity contribution in [2.24, 2.45) is 5.73 Å². The van der Waals surface area contributed by atoms with E-state index in [1.165, 1.54) is 0 Å². The van der Waals surface area contributed by atoms with Gasteiger partial charge in [-0.2, -0.15) is 0 Å². The number of hydrogen-bond donors (Lipinski definition) is 7. The lowest BCUT2D eigenvalue weighted by atomic mass is 9.99. The van der Waals surface area contributed by atoms with E-state index in [2.05, 4.69) is 0 Å². The van der Waals surface area contributed by atoms with Gasteiger partial charge in [0.25, 0.3) is 0 Å². The van der Waals surface area contributed by atoms with E-state index in [1.54, 1.807) is 0 Å². The summed E-state index contributed by atoms with van der Waals surface area (Å²) in [6.07, 6.45) is -13.2. The Bertz CT molecular complexity index is 479. The molecule has 158 valence electrons. The number of aliphatic carboxylic acids is 1. The van der Waals surface area contributed by atoms with Gasteiger partial charge in [-0.3, -0.25) is 0 Å². The fourth-order valence-corrected chi connectivity index (χ4v) is 2.73. The Balaban J connectivity index is 1.95. The van der Waals surface area contributed by atoms with Crippen LogP contribution in [0, 0.1) is 0 Å². The van der Waals surface area contributed by atoms with Crippen molar-refractivity contribution in [1.29, 1.82) is 0 Å². The topological polar surface area (TPSA) is 211 Å². The van der Waals surface area contributed by atoms with Crippen LogP contribution in [0.1, 0.15) is 0 Å². The number of aliphatic hydroxyl groups is 5. The van der Waals surface area contributed by atoms with Crippen LogP contribution in [0.2, 0.25) is 0 Å². The van der Waals surface area contributed by atoms with Gasteiger partial charge in [-0.05, 0) is 0 Å². The van der Waals surface area contributed by atoms with Crippen LogP contribution in [0.25, 0.3) is 0 Å². The van der Waals surface area contributed by atoms with Crippen molar-refractivity contribution in [3.05, 3.63) is 0 Å². The molecule has 0 bridgehead atoms. The van der Waals surface area contributed by atoms with Crippen molar-refractivity contribution in [2.75, 3.05) is 26.4 Å². The van der Waals surface area contributed by atoms with E-state index in [9.17, 15) is 30.3 Å². The maximum Gasteiger partial charge on any atom is 0.335 e. The Labute approximate surface area is 153 Å². The smallest absolute Gasteiger partial charge is 0.335 e. The van der Waals surface area contributed by atoms with Crippen molar-refractivity contribution in [1.82, 2.24) is 0 Å². The molecule has 2 aliphatic heterocycles. The molecule has 2 fully saturated rings. The second kappa shape index (κ2) is 9.99. The highest BCUT2D eigenvalue weighted by Crippen LogP contribution is 2.26. The van der Waals surface area contributed by atoms with Gasteiger partial charge in [-0.25, -0.2) is 14.6 Å². The highest BCUT2D eigenvalue weighted by atomic mass is 17.2. The summed E-state index contributed by atoms with van der Waals surface area (Å²) in [4.78, 5) is 20.8. The summed E-state index contributed by atoms with van der Waals surface area (Å²) in [6.45, 7) is -0.848. The molecule has 2 aliphatic rings. The number of carboxylic acid groups (broad SMARTS) is 1. The van der Waals surface area contributed by atoms with Gasteiger partial charge in [-0.1, -0.05) is 0 Å². The third-order valence-electron chi connectivity index (χ3n) is 4.24. The molecule has 0 amide bonds. The van der Waals surface area contributed by atoms with Gasteiger partial charge in [0.1, 0.15) is 42.7 Å². The summed E-state index contributed by atoms with van der Waals surface area (Å²) < 4.78 is 15.3. The molecule has 0 spiro atoms. The molecule has 6 unspecified atom stereocenters. The number of carbonyl (C=O) groups is 1. The van der Waals surface area contributed by atoms with Crippen LogP contribution in [0.5, 0.6) is 0 Å². The second-order valence-electron chi connectivity index (χ2n) is 6.14. The summed E-state index contributed by atoms with van der Waals surface area (Å²) in [5, 5.41) is 58.2. The molecule has 0 aromatic carbocycles. The fraction of sp³-hybridized carbons (Fsp3) is 0.929. The third kappa shape index (κ3) is 5.10. The second-order valence-corrected chi connectivity index (χ2v) is 6.14. The molecule has 27 heavy (non-hydrogen) atoms. The summed E-state index contributed by atoms with van der Waals surface area (Å²) in [6, 6.07) is 0. The molecule has 0 aliphatic carbocycles. The highest BCUT2D eigenvalue weighted by Gasteiger charge is 2.48. The van der Waals surface area contributed by atoms with Crippen LogP contribution in [0.4, 0.5) is 0 Å². The SMILES string of the molecule is NCCO[C@@H]1OC(CO)[C@@H](OOC2COC(C(=O)O)[C@@H](O)C2O)C(O)C1O. The molecule has 13 nitrogen and oxygen atoms in total. The Kier molecular flexibility index (Phi) is 8.26. The first-order valence-corrected chi connectivity index (χ1v) is 8.28. The molecule has 9 atom stereocenters. The number of nitrogens with two attached hydrogens (primary N) is 1. The Morgan fingerprint density at radius 3 is 2.37 bits per heavy atom. The van der Waals surface area contributed by atoms with Crippen LogP contribution in [-0.2, 0) is 28.8 Å². The molecule has 2 heterocycles. The molecule has 8 N–H and O–H groups in total. The third-order valence-corrected chi connectivity index (χ3v) is 4.24. The average molecular weight is 399 g/mol. The molecular weight excluding hydrogens is 374 g/mol. The van der Waals surface area contributed by atoms with E-state index in [-0.39, 0.29) is 13.2 Å². The lowest BCUT2D eigenvalue weighted by Crippen LogP contribution is -2.61. The van der Waals surface area contributed by atoms with Gasteiger partial charge < -0.3 is 50.6 Å². The minimum atomic E-state index is -1.77. The lowest BCUT2D eigenvalue weighted by Gasteiger charge is -2.42. The molecule has 2 saturated heterocycles. The number of rotatable bonds is 8. The Morgan fingerprint density at radius 2 is 1.78 bits per heavy atom. The number of ether oxygens (including phenoxy) is 3. The van der Waals surface area contributed by atoms with Crippen molar-refractivity contribution in [2.45, 2.75) is 55.1 Å². The summed E-state index contributed by atoms with van der Waals surface area (Å²) in [7, 11) is 0. The highest BCUT2D eigenvalue weighted by molar-refractivity contribution is 5.73. The van der Waals surface area contributed by atoms with E-state index in [4.69, 9.17) is 34.8 Å². The summed E-state index contributed by atoms with van der Waals surface area (Å²) in [5.74, 6) is -1.45. The normalized spacial score (nSPS) is 42.8. The number of carboxylic acids is 1. The van der Waals surface area contributed by atoms with Crippen LogP contribution < -0.4 is 5.73 Å². The molecule has 0 aromatic heterocycles. The maximum absolute atomic E-state index is 10.9. The number of aliphatic hydroxyl groups excluding tert-OH is 5. The van der Waals surface area contributed by atoms with Crippen molar-refractivity contribution >= 4 is 5.97 Å². The lowest BCUT2D eigenvalue weighted by molar-refractivity contribution is -0.426. The van der Waals surface area contributed by atoms with E-state index in [0.717, 1.165) is 0 Å². The van der Waals surface area contributed by atoms with E-state index in [0.29, 0.717) is 0 Å². The first-order chi connectivity index (χ1) is 12.8. The van der Waals surface area contributed by atoms with Gasteiger partial charge in [0.2, 0.25) is 0 Å². The molecule has 0 aromatic rings. The van der Waals surface area contributed by atoms with Crippen LogP contribution in [0.3, 0.4) is 0 Å². The molecular formula is C14H25NO12. The van der Waals surface area contributed by atoms with Gasteiger partial charge in [0.05, 0.1) is 19.8 Å². The van der Waals surface area contributed by atoms with Crippen molar-refractivity contribution in [3.8, 4) is 0 Å². The zero-order chi connectivity index (χ0) is 20.1. The standard InChI is InChI=1S/C14H25NO12/c15-1-2-23-14-10(20)9(19)11(5(3-16)25-14)27-26-6-4-24-12(13(21)22)8(18)7(6)17/h5-12,14,16-20H,1-4,15H2,(H,21,22)/t5?,6?,7?,8-,9?,10?,11+,12?,14+/m0/s1. The molecule has 2 rings (SSSR count). The Hall–Kier alpha value is -0.970.